The maximum absolute atomic E-state index is 12.9. The molecule has 1 amide bonds. The Morgan fingerprint density at radius 3 is 1.40 bits per heavy atom. The normalized spacial score (nSPS) is 14.8. The van der Waals surface area contributed by atoms with E-state index >= 15 is 0 Å². The average molecular weight is 902 g/mol. The van der Waals surface area contributed by atoms with Gasteiger partial charge in [0.15, 0.2) is 0 Å². The number of unbranched alkanes of at least 4 members (excludes halogenated alkanes) is 18. The number of likely N-dealkylation sites (N-methyl/N-ethyl adjacent to an activating group) is 1. The van der Waals surface area contributed by atoms with E-state index in [1.807, 2.05) is 21.1 Å². The second-order valence-electron chi connectivity index (χ2n) is 18.2. The van der Waals surface area contributed by atoms with Crippen molar-refractivity contribution in [2.75, 3.05) is 40.9 Å². The molecule has 3 atom stereocenters. The fourth-order valence-electron chi connectivity index (χ4n) is 6.91. The van der Waals surface area contributed by atoms with Gasteiger partial charge in [0, 0.05) is 6.42 Å². The van der Waals surface area contributed by atoms with E-state index in [9.17, 15) is 19.4 Å². The molecule has 0 heterocycles. The second-order valence-corrected chi connectivity index (χ2v) is 19.6. The quantitative estimate of drug-likeness (QED) is 0.0243. The number of hydrogen-bond donors (Lipinski definition) is 3. The number of hydrogen-bond acceptors (Lipinski definition) is 5. The Balaban J connectivity index is 4.22. The van der Waals surface area contributed by atoms with Crippen LogP contribution in [0, 0.1) is 0 Å². The van der Waals surface area contributed by atoms with Crippen molar-refractivity contribution in [1.82, 2.24) is 5.32 Å². The highest BCUT2D eigenvalue weighted by Crippen LogP contribution is 2.43. The molecule has 0 bridgehead atoms. The molecule has 0 rings (SSSR count). The molecule has 0 saturated heterocycles. The van der Waals surface area contributed by atoms with Gasteiger partial charge in [-0.15, -0.1) is 0 Å². The molecule has 9 heteroatoms. The minimum Gasteiger partial charge on any atom is -0.391 e. The van der Waals surface area contributed by atoms with Crippen LogP contribution in [-0.4, -0.2) is 73.4 Å². The number of allylic oxidation sites excluding steroid dienone is 14. The van der Waals surface area contributed by atoms with Gasteiger partial charge in [0.25, 0.3) is 0 Å². The van der Waals surface area contributed by atoms with Crippen LogP contribution < -0.4 is 5.32 Å². The molecule has 0 spiro atoms. The Bertz CT molecular complexity index is 1300. The number of carbonyl (C=O) groups excluding carboxylic acids is 1. The number of aliphatic hydroxyl groups excluding tert-OH is 1. The largest absolute Gasteiger partial charge is 0.472 e. The highest BCUT2D eigenvalue weighted by Gasteiger charge is 2.28. The molecule has 3 N–H and O–H groups in total. The van der Waals surface area contributed by atoms with Crippen LogP contribution in [0.2, 0.25) is 0 Å². The van der Waals surface area contributed by atoms with Gasteiger partial charge in [-0.2, -0.15) is 0 Å². The number of nitrogens with one attached hydrogen (secondary N) is 1. The van der Waals surface area contributed by atoms with E-state index in [2.05, 4.69) is 104 Å². The van der Waals surface area contributed by atoms with E-state index in [1.165, 1.54) is 77.0 Å². The number of rotatable bonds is 45. The zero-order valence-electron chi connectivity index (χ0n) is 41.3. The molecule has 364 valence electrons. The van der Waals surface area contributed by atoms with Crippen LogP contribution in [0.3, 0.4) is 0 Å². The summed E-state index contributed by atoms with van der Waals surface area (Å²) in [6.07, 6.45) is 61.9. The van der Waals surface area contributed by atoms with Crippen LogP contribution in [0.4, 0.5) is 0 Å². The first-order valence-corrected chi connectivity index (χ1v) is 26.9. The molecule has 0 aromatic rings. The van der Waals surface area contributed by atoms with E-state index in [1.54, 1.807) is 0 Å². The number of nitrogens with zero attached hydrogens (tertiary/aromatic N) is 1. The average Bonchev–Trinajstić information content (AvgIpc) is 3.24. The van der Waals surface area contributed by atoms with Crippen LogP contribution in [0.5, 0.6) is 0 Å². The van der Waals surface area contributed by atoms with Crippen molar-refractivity contribution in [1.29, 1.82) is 0 Å². The molecular formula is C54H98N2O6P+. The molecule has 3 unspecified atom stereocenters. The number of phosphoric acid groups is 1. The lowest BCUT2D eigenvalue weighted by Crippen LogP contribution is -2.46. The summed E-state index contributed by atoms with van der Waals surface area (Å²) in [5.41, 5.74) is 0. The maximum Gasteiger partial charge on any atom is 0.472 e. The van der Waals surface area contributed by atoms with Crippen molar-refractivity contribution in [3.8, 4) is 0 Å². The van der Waals surface area contributed by atoms with E-state index in [4.69, 9.17) is 9.05 Å². The lowest BCUT2D eigenvalue weighted by molar-refractivity contribution is -0.870. The number of quaternary nitrogens is 1. The SMILES string of the molecule is CC/C=C\C/C=C\C/C=C\C/C=C\C/C=C\C/C=C\C/C=C\CCCCCCCCCC(=O)NC(COP(=O)(O)OCC[N+](C)(C)C)C(O)CCCCCCCCCCCCCC. The summed E-state index contributed by atoms with van der Waals surface area (Å²) >= 11 is 0. The standard InChI is InChI=1S/C54H97N2O6P/c1-6-8-10-12-14-16-18-20-21-22-23-24-25-26-27-28-29-30-31-32-33-34-35-36-38-40-42-44-46-48-54(58)55-52(51-62-63(59,60)61-50-49-56(3,4)5)53(57)47-45-43-41-39-37-19-17-15-13-11-9-7-2/h8,10,14,16,20-21,23-24,26-27,29-30,32-33,52-53,57H,6-7,9,11-13,15,17-19,22,25,28,31,34-51H2,1-5H3,(H-,55,58,59,60)/p+1/b10-8-,16-14-,21-20-,24-23-,27-26-,30-29-,33-32-. The number of phosphoric ester groups is 1. The molecule has 0 aromatic heterocycles. The Hall–Kier alpha value is -2.32. The summed E-state index contributed by atoms with van der Waals surface area (Å²) in [5, 5.41) is 14.0. The van der Waals surface area contributed by atoms with Gasteiger partial charge >= 0.3 is 7.82 Å². The van der Waals surface area contributed by atoms with Gasteiger partial charge in [0.2, 0.25) is 5.91 Å². The van der Waals surface area contributed by atoms with E-state index in [0.29, 0.717) is 23.9 Å². The lowest BCUT2D eigenvalue weighted by Gasteiger charge is -2.26. The molecule has 0 saturated carbocycles. The Labute approximate surface area is 388 Å². The van der Waals surface area contributed by atoms with Crippen molar-refractivity contribution < 1.29 is 32.9 Å². The predicted octanol–water partition coefficient (Wildman–Crippen LogP) is 14.9. The fraction of sp³-hybridized carbons (Fsp3) is 0.722. The predicted molar refractivity (Wildman–Crippen MR) is 272 cm³/mol. The number of amides is 1. The van der Waals surface area contributed by atoms with Gasteiger partial charge in [-0.3, -0.25) is 13.8 Å². The summed E-state index contributed by atoms with van der Waals surface area (Å²) in [4.78, 5) is 23.2. The molecular weight excluding hydrogens is 804 g/mol. The molecule has 0 aliphatic carbocycles. The third kappa shape index (κ3) is 47.5. The molecule has 0 fully saturated rings. The first kappa shape index (κ1) is 60.7. The van der Waals surface area contributed by atoms with Crippen LogP contribution in [0.25, 0.3) is 0 Å². The maximum atomic E-state index is 12.9. The summed E-state index contributed by atoms with van der Waals surface area (Å²) in [5.74, 6) is -0.160. The van der Waals surface area contributed by atoms with E-state index in [0.717, 1.165) is 96.3 Å². The smallest absolute Gasteiger partial charge is 0.391 e. The number of carbonyl (C=O) groups is 1. The van der Waals surface area contributed by atoms with Crippen molar-refractivity contribution in [3.63, 3.8) is 0 Å². The Morgan fingerprint density at radius 1 is 0.556 bits per heavy atom. The van der Waals surface area contributed by atoms with Crippen molar-refractivity contribution in [3.05, 3.63) is 85.1 Å². The molecule has 0 aromatic carbocycles. The van der Waals surface area contributed by atoms with E-state index in [-0.39, 0.29) is 19.1 Å². The monoisotopic (exact) mass is 902 g/mol. The molecule has 0 radical (unpaired) electrons. The van der Waals surface area contributed by atoms with Gasteiger partial charge in [0.05, 0.1) is 39.9 Å². The summed E-state index contributed by atoms with van der Waals surface area (Å²) in [6.45, 7) is 4.74. The van der Waals surface area contributed by atoms with Gasteiger partial charge in [-0.25, -0.2) is 4.57 Å². The minimum atomic E-state index is -4.32. The molecule has 8 nitrogen and oxygen atoms in total. The Kier molecular flexibility index (Phi) is 43.2. The highest BCUT2D eigenvalue weighted by atomic mass is 31.2. The summed E-state index contributed by atoms with van der Waals surface area (Å²) in [7, 11) is 1.59. The topological polar surface area (TPSA) is 105 Å². The van der Waals surface area contributed by atoms with Gasteiger partial charge in [0.1, 0.15) is 13.2 Å². The fourth-order valence-corrected chi connectivity index (χ4v) is 7.64. The zero-order valence-corrected chi connectivity index (χ0v) is 42.2. The van der Waals surface area contributed by atoms with Crippen molar-refractivity contribution in [2.45, 2.75) is 212 Å². The van der Waals surface area contributed by atoms with Crippen LogP contribution in [0.1, 0.15) is 200 Å². The number of aliphatic hydroxyl groups is 1. The van der Waals surface area contributed by atoms with Crippen LogP contribution in [0.15, 0.2) is 85.1 Å². The lowest BCUT2D eigenvalue weighted by atomic mass is 10.0. The zero-order chi connectivity index (χ0) is 46.4. The molecule has 0 aliphatic rings. The third-order valence-corrected chi connectivity index (χ3v) is 11.9. The second kappa shape index (κ2) is 44.9. The van der Waals surface area contributed by atoms with Gasteiger partial charge < -0.3 is 19.8 Å². The van der Waals surface area contributed by atoms with Crippen LogP contribution in [-0.2, 0) is 18.4 Å². The molecule has 63 heavy (non-hydrogen) atoms. The van der Waals surface area contributed by atoms with E-state index < -0.39 is 20.0 Å². The summed E-state index contributed by atoms with van der Waals surface area (Å²) in [6, 6.07) is -0.771. The summed E-state index contributed by atoms with van der Waals surface area (Å²) < 4.78 is 23.7. The van der Waals surface area contributed by atoms with Crippen molar-refractivity contribution >= 4 is 13.7 Å². The third-order valence-electron chi connectivity index (χ3n) is 10.9. The Morgan fingerprint density at radius 2 is 0.952 bits per heavy atom. The first-order chi connectivity index (χ1) is 30.5. The molecule has 0 aliphatic heterocycles. The van der Waals surface area contributed by atoms with Crippen molar-refractivity contribution in [2.24, 2.45) is 0 Å². The highest BCUT2D eigenvalue weighted by molar-refractivity contribution is 7.47. The van der Waals surface area contributed by atoms with Gasteiger partial charge in [-0.1, -0.05) is 208 Å². The van der Waals surface area contributed by atoms with Crippen LogP contribution >= 0.6 is 7.82 Å². The minimum absolute atomic E-state index is 0.0679. The van der Waals surface area contributed by atoms with Gasteiger partial charge in [-0.05, 0) is 70.6 Å². The first-order valence-electron chi connectivity index (χ1n) is 25.5.